The number of anilines is 1. The number of hydrogen-bond donors (Lipinski definition) is 1. The Balaban J connectivity index is 1.42. The van der Waals surface area contributed by atoms with Gasteiger partial charge >= 0.3 is 0 Å². The Bertz CT molecular complexity index is 1420. The second-order valence-electron chi connectivity index (χ2n) is 9.90. The van der Waals surface area contributed by atoms with Crippen molar-refractivity contribution in [3.05, 3.63) is 89.0 Å². The van der Waals surface area contributed by atoms with Crippen LogP contribution in [0.4, 0.5) is 5.95 Å². The number of carbonyl (C=O) groups excluding carboxylic acids is 2. The Kier molecular flexibility index (Phi) is 7.65. The fourth-order valence-electron chi connectivity index (χ4n) is 4.87. The summed E-state index contributed by atoms with van der Waals surface area (Å²) < 4.78 is 7.35. The summed E-state index contributed by atoms with van der Waals surface area (Å²) in [6.45, 7) is 4.27. The van der Waals surface area contributed by atoms with Crippen LogP contribution in [0.5, 0.6) is 0 Å². The van der Waals surface area contributed by atoms with Gasteiger partial charge in [0.25, 0.3) is 0 Å². The minimum absolute atomic E-state index is 0.00611. The normalized spacial score (nSPS) is 13.6. The molecular formula is C30H31ClN4O3. The molecule has 1 aliphatic carbocycles. The van der Waals surface area contributed by atoms with Gasteiger partial charge in [-0.3, -0.25) is 19.5 Å². The number of aryl methyl sites for hydroxylation is 2. The third-order valence-electron chi connectivity index (χ3n) is 7.14. The summed E-state index contributed by atoms with van der Waals surface area (Å²) in [6.07, 6.45) is 7.27. The van der Waals surface area contributed by atoms with Gasteiger partial charge in [-0.05, 0) is 74.2 Å². The number of nitrogens with one attached hydrogen (secondary N) is 1. The maximum Gasteiger partial charge on any atom is 0.246 e. The highest BCUT2D eigenvalue weighted by atomic mass is 35.5. The first-order chi connectivity index (χ1) is 18.4. The standard InChI is InChI=1S/C30H31ClN4O3/c1-20-9-14-25(16-21(20)2)35-18-27(22-10-12-24(31)13-11-22)32-30(35)33-28(36)19-34(17-26-8-5-15-38-26)29(37)23-6-3-4-7-23/h5,8-16,18,23H,3-4,6-7,17,19H2,1-2H3,(H,32,33,36). The number of halogens is 1. The molecule has 1 saturated carbocycles. The SMILES string of the molecule is Cc1ccc(-n2cc(-c3ccc(Cl)cc3)nc2NC(=O)CN(Cc2ccco2)C(=O)C2CCCC2)cc1C. The van der Waals surface area contributed by atoms with Crippen molar-refractivity contribution in [1.29, 1.82) is 0 Å². The van der Waals surface area contributed by atoms with E-state index < -0.39 is 0 Å². The molecule has 2 aromatic carbocycles. The van der Waals surface area contributed by atoms with Crippen molar-refractivity contribution >= 4 is 29.4 Å². The molecule has 2 heterocycles. The molecule has 2 aromatic heterocycles. The number of furan rings is 1. The third-order valence-corrected chi connectivity index (χ3v) is 7.40. The predicted molar refractivity (Wildman–Crippen MR) is 148 cm³/mol. The number of imidazole rings is 1. The summed E-state index contributed by atoms with van der Waals surface area (Å²) >= 11 is 6.08. The Hall–Kier alpha value is -3.84. The van der Waals surface area contributed by atoms with Gasteiger partial charge in [0, 0.05) is 28.4 Å². The zero-order valence-electron chi connectivity index (χ0n) is 21.6. The number of hydrogen-bond acceptors (Lipinski definition) is 4. The lowest BCUT2D eigenvalue weighted by atomic mass is 10.1. The Morgan fingerprint density at radius 2 is 1.84 bits per heavy atom. The third kappa shape index (κ3) is 5.83. The molecule has 8 heteroatoms. The summed E-state index contributed by atoms with van der Waals surface area (Å²) in [5, 5.41) is 3.60. The molecule has 7 nitrogen and oxygen atoms in total. The van der Waals surface area contributed by atoms with E-state index in [2.05, 4.69) is 25.2 Å². The Morgan fingerprint density at radius 1 is 1.08 bits per heavy atom. The van der Waals surface area contributed by atoms with E-state index in [4.69, 9.17) is 21.0 Å². The summed E-state index contributed by atoms with van der Waals surface area (Å²) in [7, 11) is 0. The van der Waals surface area contributed by atoms with Crippen LogP contribution in [0.2, 0.25) is 5.02 Å². The summed E-state index contributed by atoms with van der Waals surface area (Å²) in [4.78, 5) is 33.0. The Labute approximate surface area is 227 Å². The van der Waals surface area contributed by atoms with Crippen LogP contribution in [0.3, 0.4) is 0 Å². The van der Waals surface area contributed by atoms with Gasteiger partial charge in [0.05, 0.1) is 18.5 Å². The van der Waals surface area contributed by atoms with Crippen molar-refractivity contribution in [1.82, 2.24) is 14.5 Å². The minimum Gasteiger partial charge on any atom is -0.467 e. The Morgan fingerprint density at radius 3 is 2.53 bits per heavy atom. The lowest BCUT2D eigenvalue weighted by Crippen LogP contribution is -2.40. The molecule has 38 heavy (non-hydrogen) atoms. The van der Waals surface area contributed by atoms with Gasteiger partial charge in [-0.1, -0.05) is 42.6 Å². The number of rotatable bonds is 8. The van der Waals surface area contributed by atoms with Crippen molar-refractivity contribution in [3.63, 3.8) is 0 Å². The van der Waals surface area contributed by atoms with Crippen LogP contribution in [0.1, 0.15) is 42.6 Å². The highest BCUT2D eigenvalue weighted by Crippen LogP contribution is 2.28. The van der Waals surface area contributed by atoms with E-state index in [0.717, 1.165) is 42.5 Å². The number of nitrogens with zero attached hydrogens (tertiary/aromatic N) is 3. The van der Waals surface area contributed by atoms with Crippen LogP contribution in [-0.2, 0) is 16.1 Å². The number of amides is 2. The topological polar surface area (TPSA) is 80.4 Å². The lowest BCUT2D eigenvalue weighted by molar-refractivity contribution is -0.139. The average Bonchev–Trinajstić information content (AvgIpc) is 3.68. The van der Waals surface area contributed by atoms with E-state index in [1.807, 2.05) is 53.2 Å². The van der Waals surface area contributed by atoms with E-state index in [-0.39, 0.29) is 30.8 Å². The van der Waals surface area contributed by atoms with Gasteiger partial charge in [0.1, 0.15) is 12.3 Å². The van der Waals surface area contributed by atoms with E-state index in [1.54, 1.807) is 17.2 Å². The van der Waals surface area contributed by atoms with Crippen molar-refractivity contribution in [2.75, 3.05) is 11.9 Å². The van der Waals surface area contributed by atoms with Crippen LogP contribution in [0.15, 0.2) is 71.5 Å². The molecule has 4 aromatic rings. The summed E-state index contributed by atoms with van der Waals surface area (Å²) in [6, 6.07) is 17.1. The molecule has 0 aliphatic heterocycles. The second kappa shape index (κ2) is 11.3. The molecule has 0 saturated heterocycles. The minimum atomic E-state index is -0.318. The monoisotopic (exact) mass is 530 g/mol. The first kappa shape index (κ1) is 25.8. The molecule has 1 N–H and O–H groups in total. The van der Waals surface area contributed by atoms with Gasteiger partial charge in [-0.15, -0.1) is 0 Å². The van der Waals surface area contributed by atoms with Crippen molar-refractivity contribution in [2.45, 2.75) is 46.1 Å². The maximum absolute atomic E-state index is 13.4. The fraction of sp³-hybridized carbons (Fsp3) is 0.300. The van der Waals surface area contributed by atoms with Crippen LogP contribution < -0.4 is 5.32 Å². The van der Waals surface area contributed by atoms with E-state index in [9.17, 15) is 9.59 Å². The quantitative estimate of drug-likeness (QED) is 0.280. The highest BCUT2D eigenvalue weighted by Gasteiger charge is 2.29. The van der Waals surface area contributed by atoms with Crippen molar-refractivity contribution in [2.24, 2.45) is 5.92 Å². The molecule has 2 amide bonds. The molecule has 0 bridgehead atoms. The highest BCUT2D eigenvalue weighted by molar-refractivity contribution is 6.30. The molecule has 1 fully saturated rings. The number of benzene rings is 2. The fourth-order valence-corrected chi connectivity index (χ4v) is 5.00. The van der Waals surface area contributed by atoms with Gasteiger partial charge in [-0.2, -0.15) is 0 Å². The van der Waals surface area contributed by atoms with Gasteiger partial charge in [-0.25, -0.2) is 4.98 Å². The van der Waals surface area contributed by atoms with E-state index >= 15 is 0 Å². The largest absolute Gasteiger partial charge is 0.467 e. The van der Waals surface area contributed by atoms with Gasteiger partial charge in [0.2, 0.25) is 17.8 Å². The smallest absolute Gasteiger partial charge is 0.246 e. The molecule has 0 unspecified atom stereocenters. The number of carbonyl (C=O) groups is 2. The first-order valence-corrected chi connectivity index (χ1v) is 13.3. The van der Waals surface area contributed by atoms with Crippen LogP contribution in [-0.4, -0.2) is 32.8 Å². The van der Waals surface area contributed by atoms with Gasteiger partial charge in [0.15, 0.2) is 0 Å². The van der Waals surface area contributed by atoms with Crippen LogP contribution in [0.25, 0.3) is 16.9 Å². The van der Waals surface area contributed by atoms with Crippen molar-refractivity contribution in [3.8, 4) is 16.9 Å². The molecule has 0 atom stereocenters. The van der Waals surface area contributed by atoms with Crippen molar-refractivity contribution < 1.29 is 14.0 Å². The molecule has 1 aliphatic rings. The van der Waals surface area contributed by atoms with Gasteiger partial charge < -0.3 is 9.32 Å². The first-order valence-electron chi connectivity index (χ1n) is 12.9. The van der Waals surface area contributed by atoms with Crippen LogP contribution in [0, 0.1) is 19.8 Å². The molecule has 0 radical (unpaired) electrons. The zero-order valence-corrected chi connectivity index (χ0v) is 22.4. The number of aromatic nitrogens is 2. The van der Waals surface area contributed by atoms with Crippen LogP contribution >= 0.6 is 11.6 Å². The zero-order chi connectivity index (χ0) is 26.6. The summed E-state index contributed by atoms with van der Waals surface area (Å²) in [5.74, 6) is 0.654. The molecular weight excluding hydrogens is 500 g/mol. The molecule has 5 rings (SSSR count). The second-order valence-corrected chi connectivity index (χ2v) is 10.3. The maximum atomic E-state index is 13.4. The van der Waals surface area contributed by atoms with E-state index in [1.165, 1.54) is 5.56 Å². The molecule has 196 valence electrons. The predicted octanol–water partition coefficient (Wildman–Crippen LogP) is 6.56. The lowest BCUT2D eigenvalue weighted by Gasteiger charge is -2.24. The molecule has 0 spiro atoms. The average molecular weight is 531 g/mol. The van der Waals surface area contributed by atoms with E-state index in [0.29, 0.717) is 22.4 Å². The summed E-state index contributed by atoms with van der Waals surface area (Å²) in [5.41, 5.74) is 4.77.